The Kier molecular flexibility index (Phi) is 4.30. The Balaban J connectivity index is 1.38. The molecule has 1 fully saturated rings. The maximum absolute atomic E-state index is 11.9. The fourth-order valence-corrected chi connectivity index (χ4v) is 3.94. The van der Waals surface area contributed by atoms with Crippen LogP contribution in [0.2, 0.25) is 0 Å². The molecule has 0 spiro atoms. The van der Waals surface area contributed by atoms with Gasteiger partial charge in [-0.1, -0.05) is 0 Å². The third-order valence-electron chi connectivity index (χ3n) is 4.42. The molecule has 2 aliphatic rings. The van der Waals surface area contributed by atoms with Crippen LogP contribution in [0.5, 0.6) is 0 Å². The maximum Gasteiger partial charge on any atom is 0.373 e. The van der Waals surface area contributed by atoms with Gasteiger partial charge in [0.1, 0.15) is 5.76 Å². The Morgan fingerprint density at radius 3 is 3.04 bits per heavy atom. The van der Waals surface area contributed by atoms with Crippen molar-refractivity contribution in [1.29, 1.82) is 0 Å². The van der Waals surface area contributed by atoms with Crippen LogP contribution in [-0.4, -0.2) is 35.4 Å². The Labute approximate surface area is 149 Å². The number of methoxy groups -OCH3 is 1. The highest BCUT2D eigenvalue weighted by atomic mass is 32.1. The Morgan fingerprint density at radius 2 is 2.28 bits per heavy atom. The number of carbonyl (C=O) groups is 2. The molecule has 0 unspecified atom stereocenters. The first kappa shape index (κ1) is 16.3. The molecule has 4 rings (SSSR count). The summed E-state index contributed by atoms with van der Waals surface area (Å²) < 4.78 is 10.2. The van der Waals surface area contributed by atoms with Gasteiger partial charge >= 0.3 is 5.97 Å². The largest absolute Gasteiger partial charge is 0.463 e. The van der Waals surface area contributed by atoms with Crippen molar-refractivity contribution in [2.75, 3.05) is 19.0 Å². The molecule has 1 saturated carbocycles. The quantitative estimate of drug-likeness (QED) is 0.824. The van der Waals surface area contributed by atoms with E-state index in [2.05, 4.69) is 19.9 Å². The van der Waals surface area contributed by atoms with Gasteiger partial charge in [-0.2, -0.15) is 0 Å². The SMILES string of the molecule is COC(=O)c1ccc(CN2CCc3nc(NC(=O)C4CC4)sc3C2)o1. The summed E-state index contributed by atoms with van der Waals surface area (Å²) in [6.45, 7) is 2.25. The summed E-state index contributed by atoms with van der Waals surface area (Å²) in [5, 5.41) is 3.63. The highest BCUT2D eigenvalue weighted by molar-refractivity contribution is 7.15. The van der Waals surface area contributed by atoms with E-state index in [-0.39, 0.29) is 17.6 Å². The molecule has 7 nitrogen and oxygen atoms in total. The van der Waals surface area contributed by atoms with Gasteiger partial charge in [0, 0.05) is 30.3 Å². The van der Waals surface area contributed by atoms with E-state index < -0.39 is 5.97 Å². The zero-order chi connectivity index (χ0) is 17.4. The van der Waals surface area contributed by atoms with E-state index in [1.54, 1.807) is 23.5 Å². The molecule has 0 atom stereocenters. The molecule has 25 heavy (non-hydrogen) atoms. The van der Waals surface area contributed by atoms with Crippen LogP contribution in [0.1, 0.15) is 39.7 Å². The van der Waals surface area contributed by atoms with E-state index in [0.29, 0.717) is 11.7 Å². The molecule has 3 heterocycles. The maximum atomic E-state index is 11.9. The highest BCUT2D eigenvalue weighted by Gasteiger charge is 2.31. The molecule has 1 aliphatic heterocycles. The average Bonchev–Trinajstić information content (AvgIpc) is 3.24. The van der Waals surface area contributed by atoms with Crippen molar-refractivity contribution in [3.8, 4) is 0 Å². The summed E-state index contributed by atoms with van der Waals surface area (Å²) in [5.74, 6) is 0.758. The van der Waals surface area contributed by atoms with E-state index in [0.717, 1.165) is 43.8 Å². The fraction of sp³-hybridized carbons (Fsp3) is 0.471. The van der Waals surface area contributed by atoms with E-state index in [1.807, 2.05) is 0 Å². The third-order valence-corrected chi connectivity index (χ3v) is 5.41. The number of carbonyl (C=O) groups excluding carboxylic acids is 2. The second-order valence-electron chi connectivity index (χ2n) is 6.37. The van der Waals surface area contributed by atoms with Crippen LogP contribution in [0.15, 0.2) is 16.5 Å². The number of ether oxygens (including phenoxy) is 1. The molecule has 2 aromatic rings. The molecule has 1 N–H and O–H groups in total. The molecule has 1 amide bonds. The summed E-state index contributed by atoms with van der Waals surface area (Å²) in [6.07, 6.45) is 2.82. The van der Waals surface area contributed by atoms with Gasteiger partial charge < -0.3 is 14.5 Å². The first-order valence-electron chi connectivity index (χ1n) is 8.31. The number of fused-ring (bicyclic) bond motifs is 1. The molecule has 1 aliphatic carbocycles. The number of hydrogen-bond donors (Lipinski definition) is 1. The first-order chi connectivity index (χ1) is 12.1. The second-order valence-corrected chi connectivity index (χ2v) is 7.45. The standard InChI is InChI=1S/C17H19N3O4S/c1-23-16(22)13-5-4-11(24-13)8-20-7-6-12-14(9-20)25-17(18-12)19-15(21)10-2-3-10/h4-5,10H,2-3,6-9H2,1H3,(H,18,19,21). The lowest BCUT2D eigenvalue weighted by Gasteiger charge is -2.24. The summed E-state index contributed by atoms with van der Waals surface area (Å²) >= 11 is 1.55. The number of nitrogens with zero attached hydrogens (tertiary/aromatic N) is 2. The number of furan rings is 1. The number of nitrogens with one attached hydrogen (secondary N) is 1. The lowest BCUT2D eigenvalue weighted by Crippen LogP contribution is -2.29. The zero-order valence-corrected chi connectivity index (χ0v) is 14.7. The van der Waals surface area contributed by atoms with Crippen molar-refractivity contribution in [3.63, 3.8) is 0 Å². The second kappa shape index (κ2) is 6.61. The molecule has 0 bridgehead atoms. The number of hydrogen-bond acceptors (Lipinski definition) is 7. The molecular formula is C17H19N3O4S. The zero-order valence-electron chi connectivity index (χ0n) is 13.9. The van der Waals surface area contributed by atoms with Crippen molar-refractivity contribution in [1.82, 2.24) is 9.88 Å². The van der Waals surface area contributed by atoms with E-state index in [4.69, 9.17) is 4.42 Å². The Bertz CT molecular complexity index is 809. The Morgan fingerprint density at radius 1 is 1.44 bits per heavy atom. The van der Waals surface area contributed by atoms with Gasteiger partial charge in [0.05, 0.1) is 19.3 Å². The summed E-state index contributed by atoms with van der Waals surface area (Å²) in [6, 6.07) is 3.44. The van der Waals surface area contributed by atoms with Gasteiger partial charge in [0.2, 0.25) is 11.7 Å². The third kappa shape index (κ3) is 3.59. The van der Waals surface area contributed by atoms with Crippen LogP contribution < -0.4 is 5.32 Å². The van der Waals surface area contributed by atoms with Gasteiger partial charge in [-0.3, -0.25) is 9.69 Å². The summed E-state index contributed by atoms with van der Waals surface area (Å²) in [7, 11) is 1.33. The van der Waals surface area contributed by atoms with Crippen molar-refractivity contribution in [2.45, 2.75) is 32.4 Å². The van der Waals surface area contributed by atoms with Crippen molar-refractivity contribution in [2.24, 2.45) is 5.92 Å². The molecule has 132 valence electrons. The van der Waals surface area contributed by atoms with Crippen LogP contribution >= 0.6 is 11.3 Å². The number of anilines is 1. The number of amides is 1. The number of thiazole rings is 1. The van der Waals surface area contributed by atoms with Crippen molar-refractivity contribution in [3.05, 3.63) is 34.2 Å². The normalized spacial score (nSPS) is 17.2. The predicted octanol–water partition coefficient (Wildman–Crippen LogP) is 2.43. The predicted molar refractivity (Wildman–Crippen MR) is 91.3 cm³/mol. The molecule has 0 saturated heterocycles. The molecule has 8 heteroatoms. The fourth-order valence-electron chi connectivity index (χ4n) is 2.88. The smallest absolute Gasteiger partial charge is 0.373 e. The minimum absolute atomic E-state index is 0.0916. The number of aromatic nitrogens is 1. The summed E-state index contributed by atoms with van der Waals surface area (Å²) in [5.41, 5.74) is 1.07. The van der Waals surface area contributed by atoms with E-state index in [1.165, 1.54) is 12.0 Å². The van der Waals surface area contributed by atoms with Crippen LogP contribution in [0, 0.1) is 5.92 Å². The minimum Gasteiger partial charge on any atom is -0.463 e. The monoisotopic (exact) mass is 361 g/mol. The summed E-state index contributed by atoms with van der Waals surface area (Å²) in [4.78, 5) is 31.3. The topological polar surface area (TPSA) is 84.7 Å². The molecule has 0 radical (unpaired) electrons. The van der Waals surface area contributed by atoms with Crippen LogP contribution in [0.3, 0.4) is 0 Å². The molecule has 0 aromatic carbocycles. The van der Waals surface area contributed by atoms with Gasteiger partial charge in [0.15, 0.2) is 5.13 Å². The van der Waals surface area contributed by atoms with Gasteiger partial charge in [-0.05, 0) is 25.0 Å². The van der Waals surface area contributed by atoms with Gasteiger partial charge in [0.25, 0.3) is 0 Å². The first-order valence-corrected chi connectivity index (χ1v) is 9.13. The highest BCUT2D eigenvalue weighted by Crippen LogP contribution is 2.33. The number of rotatable bonds is 5. The van der Waals surface area contributed by atoms with Crippen LogP contribution in [0.25, 0.3) is 0 Å². The molecule has 2 aromatic heterocycles. The van der Waals surface area contributed by atoms with E-state index in [9.17, 15) is 9.59 Å². The van der Waals surface area contributed by atoms with Crippen molar-refractivity contribution < 1.29 is 18.7 Å². The van der Waals surface area contributed by atoms with Crippen LogP contribution in [0.4, 0.5) is 5.13 Å². The minimum atomic E-state index is -0.467. The lowest BCUT2D eigenvalue weighted by molar-refractivity contribution is -0.117. The van der Waals surface area contributed by atoms with Crippen LogP contribution in [-0.2, 0) is 29.0 Å². The lowest BCUT2D eigenvalue weighted by atomic mass is 10.2. The van der Waals surface area contributed by atoms with Gasteiger partial charge in [-0.15, -0.1) is 11.3 Å². The Hall–Kier alpha value is -2.19. The number of esters is 1. The van der Waals surface area contributed by atoms with E-state index >= 15 is 0 Å². The average molecular weight is 361 g/mol. The van der Waals surface area contributed by atoms with Crippen molar-refractivity contribution >= 4 is 28.3 Å². The molecular weight excluding hydrogens is 342 g/mol. The van der Waals surface area contributed by atoms with Gasteiger partial charge in [-0.25, -0.2) is 9.78 Å².